The Morgan fingerprint density at radius 3 is 2.23 bits per heavy atom. The average Bonchev–Trinajstić information content (AvgIpc) is 2.79. The minimum Gasteiger partial charge on any atom is -0.399 e. The van der Waals surface area contributed by atoms with E-state index in [0.717, 1.165) is 11.6 Å². The van der Waals surface area contributed by atoms with Crippen LogP contribution in [0.3, 0.4) is 0 Å². The molecule has 1 aromatic rings. The Kier molecular flexibility index (Phi) is 2.03. The fourth-order valence-corrected chi connectivity index (χ4v) is 1.96. The van der Waals surface area contributed by atoms with Gasteiger partial charge in [0.25, 0.3) is 0 Å². The minimum atomic E-state index is 0.898. The highest BCUT2D eigenvalue weighted by Crippen LogP contribution is 2.34. The summed E-state index contributed by atoms with van der Waals surface area (Å²) in [6.45, 7) is 4.34. The first kappa shape index (κ1) is 8.61. The number of rotatable bonds is 2. The number of anilines is 1. The molecule has 0 aliphatic heterocycles. The van der Waals surface area contributed by atoms with Crippen molar-refractivity contribution in [3.05, 3.63) is 28.8 Å². The van der Waals surface area contributed by atoms with Crippen molar-refractivity contribution in [1.82, 2.24) is 0 Å². The van der Waals surface area contributed by atoms with Crippen LogP contribution in [0.4, 0.5) is 5.69 Å². The van der Waals surface area contributed by atoms with E-state index in [1.807, 2.05) is 0 Å². The van der Waals surface area contributed by atoms with Gasteiger partial charge in [0.05, 0.1) is 0 Å². The van der Waals surface area contributed by atoms with E-state index in [-0.39, 0.29) is 0 Å². The van der Waals surface area contributed by atoms with E-state index in [4.69, 9.17) is 5.73 Å². The van der Waals surface area contributed by atoms with Gasteiger partial charge in [-0.05, 0) is 67.9 Å². The molecule has 1 fully saturated rings. The molecule has 0 heterocycles. The van der Waals surface area contributed by atoms with Gasteiger partial charge in [-0.15, -0.1) is 0 Å². The lowest BCUT2D eigenvalue weighted by molar-refractivity contribution is 0.820. The predicted octanol–water partition coefficient (Wildman–Crippen LogP) is 2.84. The molecule has 1 aromatic carbocycles. The highest BCUT2D eigenvalue weighted by molar-refractivity contribution is 5.49. The number of benzene rings is 1. The molecule has 1 saturated carbocycles. The second kappa shape index (κ2) is 3.06. The van der Waals surface area contributed by atoms with Crippen molar-refractivity contribution in [3.63, 3.8) is 0 Å². The number of aryl methyl sites for hydroxylation is 2. The Balaban J connectivity index is 2.31. The van der Waals surface area contributed by atoms with Crippen LogP contribution in [0.1, 0.15) is 29.5 Å². The number of nitrogens with two attached hydrogens (primary N) is 1. The van der Waals surface area contributed by atoms with Crippen LogP contribution >= 0.6 is 0 Å². The second-order valence-corrected chi connectivity index (χ2v) is 4.28. The van der Waals surface area contributed by atoms with Crippen LogP contribution < -0.4 is 5.73 Å². The highest BCUT2D eigenvalue weighted by atomic mass is 14.5. The van der Waals surface area contributed by atoms with E-state index in [2.05, 4.69) is 26.0 Å². The predicted molar refractivity (Wildman–Crippen MR) is 56.8 cm³/mol. The quantitative estimate of drug-likeness (QED) is 0.687. The summed E-state index contributed by atoms with van der Waals surface area (Å²) in [5, 5.41) is 0. The van der Waals surface area contributed by atoms with Gasteiger partial charge in [0, 0.05) is 5.69 Å². The van der Waals surface area contributed by atoms with Crippen LogP contribution in [0.15, 0.2) is 12.1 Å². The standard InChI is InChI=1S/C12H17N/c1-8-5-11(13)6-9(2)12(8)7-10-3-4-10/h5-6,10H,3-4,7,13H2,1-2H3. The average molecular weight is 175 g/mol. The summed E-state index contributed by atoms with van der Waals surface area (Å²) in [6.07, 6.45) is 4.10. The normalized spacial score (nSPS) is 16.2. The maximum absolute atomic E-state index is 5.77. The molecule has 2 N–H and O–H groups in total. The third-order valence-electron chi connectivity index (χ3n) is 2.91. The van der Waals surface area contributed by atoms with Gasteiger partial charge in [-0.3, -0.25) is 0 Å². The molecule has 0 atom stereocenters. The molecule has 70 valence electrons. The molecule has 1 aliphatic carbocycles. The van der Waals surface area contributed by atoms with Crippen LogP contribution in [0.2, 0.25) is 0 Å². The third kappa shape index (κ3) is 1.85. The zero-order valence-electron chi connectivity index (χ0n) is 8.43. The molecule has 2 rings (SSSR count). The maximum Gasteiger partial charge on any atom is 0.0319 e. The lowest BCUT2D eigenvalue weighted by Gasteiger charge is -2.10. The summed E-state index contributed by atoms with van der Waals surface area (Å²) in [6, 6.07) is 4.18. The number of hydrogen-bond donors (Lipinski definition) is 1. The van der Waals surface area contributed by atoms with Crippen molar-refractivity contribution >= 4 is 5.69 Å². The molecule has 1 heteroatoms. The Bertz CT molecular complexity index is 301. The smallest absolute Gasteiger partial charge is 0.0319 e. The molecule has 1 nitrogen and oxygen atoms in total. The Hall–Kier alpha value is -0.980. The van der Waals surface area contributed by atoms with Gasteiger partial charge in [0.15, 0.2) is 0 Å². The zero-order chi connectivity index (χ0) is 9.42. The van der Waals surface area contributed by atoms with Gasteiger partial charge in [-0.2, -0.15) is 0 Å². The molecule has 0 aromatic heterocycles. The minimum absolute atomic E-state index is 0.898. The summed E-state index contributed by atoms with van der Waals surface area (Å²) >= 11 is 0. The van der Waals surface area contributed by atoms with Gasteiger partial charge >= 0.3 is 0 Å². The van der Waals surface area contributed by atoms with Gasteiger partial charge in [0.1, 0.15) is 0 Å². The summed E-state index contributed by atoms with van der Waals surface area (Å²) in [5.41, 5.74) is 10.9. The molecule has 1 aliphatic rings. The number of hydrogen-bond acceptors (Lipinski definition) is 1. The molecule has 0 saturated heterocycles. The summed E-state index contributed by atoms with van der Waals surface area (Å²) in [4.78, 5) is 0. The van der Waals surface area contributed by atoms with E-state index >= 15 is 0 Å². The Labute approximate surface area is 80.0 Å². The SMILES string of the molecule is Cc1cc(N)cc(C)c1CC1CC1. The summed E-state index contributed by atoms with van der Waals surface area (Å²) in [5.74, 6) is 0.959. The van der Waals surface area contributed by atoms with E-state index in [9.17, 15) is 0 Å². The van der Waals surface area contributed by atoms with Gasteiger partial charge in [-0.1, -0.05) is 0 Å². The fraction of sp³-hybridized carbons (Fsp3) is 0.500. The maximum atomic E-state index is 5.77. The first-order valence-corrected chi connectivity index (χ1v) is 5.02. The van der Waals surface area contributed by atoms with Crippen molar-refractivity contribution in [1.29, 1.82) is 0 Å². The topological polar surface area (TPSA) is 26.0 Å². The van der Waals surface area contributed by atoms with Crippen LogP contribution in [0, 0.1) is 19.8 Å². The van der Waals surface area contributed by atoms with Crippen LogP contribution in [0.25, 0.3) is 0 Å². The van der Waals surface area contributed by atoms with E-state index < -0.39 is 0 Å². The zero-order valence-corrected chi connectivity index (χ0v) is 8.43. The van der Waals surface area contributed by atoms with Crippen molar-refractivity contribution in [2.24, 2.45) is 5.92 Å². The van der Waals surface area contributed by atoms with Crippen LogP contribution in [-0.4, -0.2) is 0 Å². The van der Waals surface area contributed by atoms with Crippen LogP contribution in [0.5, 0.6) is 0 Å². The second-order valence-electron chi connectivity index (χ2n) is 4.28. The monoisotopic (exact) mass is 175 g/mol. The van der Waals surface area contributed by atoms with Gasteiger partial charge in [-0.25, -0.2) is 0 Å². The van der Waals surface area contributed by atoms with Gasteiger partial charge in [0.2, 0.25) is 0 Å². The molecule has 0 spiro atoms. The highest BCUT2D eigenvalue weighted by Gasteiger charge is 2.22. The molecular weight excluding hydrogens is 158 g/mol. The molecule has 0 radical (unpaired) electrons. The summed E-state index contributed by atoms with van der Waals surface area (Å²) < 4.78 is 0. The third-order valence-corrected chi connectivity index (χ3v) is 2.91. The number of nitrogen functional groups attached to an aromatic ring is 1. The fourth-order valence-electron chi connectivity index (χ4n) is 1.96. The van der Waals surface area contributed by atoms with Crippen molar-refractivity contribution in [3.8, 4) is 0 Å². The van der Waals surface area contributed by atoms with Crippen molar-refractivity contribution in [2.45, 2.75) is 33.1 Å². The van der Waals surface area contributed by atoms with Gasteiger partial charge < -0.3 is 5.73 Å². The molecule has 0 bridgehead atoms. The Morgan fingerprint density at radius 1 is 1.23 bits per heavy atom. The summed E-state index contributed by atoms with van der Waals surface area (Å²) in [7, 11) is 0. The molecular formula is C12H17N. The van der Waals surface area contributed by atoms with E-state index in [1.54, 1.807) is 0 Å². The molecule has 0 amide bonds. The molecule has 0 unspecified atom stereocenters. The van der Waals surface area contributed by atoms with Crippen LogP contribution in [-0.2, 0) is 6.42 Å². The van der Waals surface area contributed by atoms with Crippen molar-refractivity contribution < 1.29 is 0 Å². The molecule has 13 heavy (non-hydrogen) atoms. The Morgan fingerprint density at radius 2 is 1.77 bits per heavy atom. The van der Waals surface area contributed by atoms with E-state index in [0.29, 0.717) is 0 Å². The first-order valence-electron chi connectivity index (χ1n) is 5.02. The largest absolute Gasteiger partial charge is 0.399 e. The lowest BCUT2D eigenvalue weighted by atomic mass is 9.97. The van der Waals surface area contributed by atoms with E-state index in [1.165, 1.54) is 36.0 Å². The van der Waals surface area contributed by atoms with Crippen molar-refractivity contribution in [2.75, 3.05) is 5.73 Å². The first-order chi connectivity index (χ1) is 6.16. The lowest BCUT2D eigenvalue weighted by Crippen LogP contribution is -1.97.